The lowest BCUT2D eigenvalue weighted by molar-refractivity contribution is 0.0985. The Morgan fingerprint density at radius 3 is 2.71 bits per heavy atom. The fraction of sp³-hybridized carbons (Fsp3) is 0.562. The zero-order valence-corrected chi connectivity index (χ0v) is 14.0. The number of nitrogens with two attached hydrogens (primary N) is 1. The molecule has 118 valence electrons. The van der Waals surface area contributed by atoms with Gasteiger partial charge in [-0.25, -0.2) is 0 Å². The largest absolute Gasteiger partial charge is 0.493 e. The lowest BCUT2D eigenvalue weighted by Crippen LogP contribution is -2.37. The van der Waals surface area contributed by atoms with Crippen LogP contribution >= 0.6 is 12.2 Å². The van der Waals surface area contributed by atoms with Crippen molar-refractivity contribution in [2.75, 3.05) is 33.4 Å². The molecule has 1 rings (SSSR count). The van der Waals surface area contributed by atoms with Crippen molar-refractivity contribution < 1.29 is 9.47 Å². The Hall–Kier alpha value is -1.17. The molecule has 5 heteroatoms. The van der Waals surface area contributed by atoms with Gasteiger partial charge in [-0.05, 0) is 32.0 Å². The van der Waals surface area contributed by atoms with Gasteiger partial charge in [0.25, 0.3) is 0 Å². The van der Waals surface area contributed by atoms with Gasteiger partial charge in [0.2, 0.25) is 0 Å². The summed E-state index contributed by atoms with van der Waals surface area (Å²) in [5.41, 5.74) is 6.49. The first-order chi connectivity index (χ1) is 10.1. The van der Waals surface area contributed by atoms with Gasteiger partial charge in [-0.1, -0.05) is 31.3 Å². The van der Waals surface area contributed by atoms with Crippen LogP contribution in [0.25, 0.3) is 0 Å². The minimum absolute atomic E-state index is 0.370. The molecule has 1 atom stereocenters. The van der Waals surface area contributed by atoms with Gasteiger partial charge in [-0.3, -0.25) is 4.90 Å². The second kappa shape index (κ2) is 9.71. The molecule has 0 amide bonds. The highest BCUT2D eigenvalue weighted by molar-refractivity contribution is 7.80. The molecular weight excluding hydrogens is 284 g/mol. The van der Waals surface area contributed by atoms with E-state index in [1.807, 2.05) is 24.3 Å². The first-order valence-corrected chi connectivity index (χ1v) is 7.75. The van der Waals surface area contributed by atoms with Gasteiger partial charge >= 0.3 is 0 Å². The Labute approximate surface area is 133 Å². The van der Waals surface area contributed by atoms with E-state index in [1.165, 1.54) is 0 Å². The van der Waals surface area contributed by atoms with E-state index >= 15 is 0 Å². The minimum atomic E-state index is 0.370. The average molecular weight is 310 g/mol. The van der Waals surface area contributed by atoms with Crippen LogP contribution in [0.2, 0.25) is 0 Å². The zero-order valence-electron chi connectivity index (χ0n) is 13.2. The number of hydrogen-bond donors (Lipinski definition) is 1. The van der Waals surface area contributed by atoms with E-state index in [2.05, 4.69) is 18.7 Å². The molecular formula is C16H26N2O2S. The van der Waals surface area contributed by atoms with Gasteiger partial charge in [-0.2, -0.15) is 0 Å². The van der Waals surface area contributed by atoms with Crippen molar-refractivity contribution in [3.8, 4) is 5.75 Å². The highest BCUT2D eigenvalue weighted by Gasteiger charge is 2.11. The molecule has 1 aromatic carbocycles. The molecule has 0 aliphatic carbocycles. The molecule has 1 aromatic rings. The molecule has 0 fully saturated rings. The minimum Gasteiger partial charge on any atom is -0.493 e. The van der Waals surface area contributed by atoms with Gasteiger partial charge < -0.3 is 15.2 Å². The maximum Gasteiger partial charge on any atom is 0.129 e. The molecule has 0 radical (unpaired) electrons. The van der Waals surface area contributed by atoms with Crippen LogP contribution in [-0.4, -0.2) is 49.3 Å². The van der Waals surface area contributed by atoms with Gasteiger partial charge in [-0.15, -0.1) is 0 Å². The maximum absolute atomic E-state index is 5.81. The summed E-state index contributed by atoms with van der Waals surface area (Å²) in [7, 11) is 1.74. The Balaban J connectivity index is 2.42. The molecule has 2 N–H and O–H groups in total. The number of benzene rings is 1. The smallest absolute Gasteiger partial charge is 0.129 e. The van der Waals surface area contributed by atoms with E-state index in [0.717, 1.165) is 37.4 Å². The first kappa shape index (κ1) is 17.9. The molecule has 0 bridgehead atoms. The van der Waals surface area contributed by atoms with Crippen molar-refractivity contribution in [1.82, 2.24) is 4.90 Å². The van der Waals surface area contributed by atoms with E-state index in [4.69, 9.17) is 27.4 Å². The number of likely N-dealkylation sites (N-methyl/N-ethyl adjacent to an activating group) is 1. The summed E-state index contributed by atoms with van der Waals surface area (Å²) in [4.78, 5) is 2.75. The fourth-order valence-corrected chi connectivity index (χ4v) is 2.45. The van der Waals surface area contributed by atoms with Crippen molar-refractivity contribution in [3.63, 3.8) is 0 Å². The van der Waals surface area contributed by atoms with Crippen LogP contribution in [0.3, 0.4) is 0 Å². The highest BCUT2D eigenvalue weighted by Crippen LogP contribution is 2.17. The molecule has 0 aromatic heterocycles. The predicted octanol–water partition coefficient (Wildman–Crippen LogP) is 2.45. The maximum atomic E-state index is 5.81. The van der Waals surface area contributed by atoms with Crippen LogP contribution < -0.4 is 10.5 Å². The Bertz CT molecular complexity index is 440. The zero-order chi connectivity index (χ0) is 15.7. The molecule has 1 unspecified atom stereocenters. The van der Waals surface area contributed by atoms with Crippen molar-refractivity contribution >= 4 is 17.2 Å². The summed E-state index contributed by atoms with van der Waals surface area (Å²) < 4.78 is 11.0. The fourth-order valence-electron chi connectivity index (χ4n) is 2.28. The summed E-state index contributed by atoms with van der Waals surface area (Å²) in [6.45, 7) is 7.73. The third-order valence-corrected chi connectivity index (χ3v) is 3.66. The van der Waals surface area contributed by atoms with Crippen molar-refractivity contribution in [2.24, 2.45) is 5.73 Å². The molecule has 4 nitrogen and oxygen atoms in total. The summed E-state index contributed by atoms with van der Waals surface area (Å²) >= 11 is 5.03. The Morgan fingerprint density at radius 1 is 1.38 bits per heavy atom. The van der Waals surface area contributed by atoms with Crippen LogP contribution in [0, 0.1) is 0 Å². The monoisotopic (exact) mass is 310 g/mol. The predicted molar refractivity (Wildman–Crippen MR) is 91.0 cm³/mol. The summed E-state index contributed by atoms with van der Waals surface area (Å²) in [5, 5.41) is 0. The van der Waals surface area contributed by atoms with Gasteiger partial charge in [0, 0.05) is 19.7 Å². The number of methoxy groups -OCH3 is 1. The van der Waals surface area contributed by atoms with Crippen LogP contribution in [0.5, 0.6) is 5.75 Å². The Kier molecular flexibility index (Phi) is 8.27. The second-order valence-electron chi connectivity index (χ2n) is 5.00. The van der Waals surface area contributed by atoms with E-state index in [9.17, 15) is 0 Å². The first-order valence-electron chi connectivity index (χ1n) is 7.34. The molecule has 0 saturated heterocycles. The molecule has 0 heterocycles. The summed E-state index contributed by atoms with van der Waals surface area (Å²) in [6.07, 6.45) is 0.952. The molecule has 0 aliphatic rings. The number of rotatable bonds is 10. The van der Waals surface area contributed by atoms with Crippen molar-refractivity contribution in [3.05, 3.63) is 29.8 Å². The molecule has 21 heavy (non-hydrogen) atoms. The number of ether oxygens (including phenoxy) is 2. The van der Waals surface area contributed by atoms with Crippen molar-refractivity contribution in [2.45, 2.75) is 26.3 Å². The summed E-state index contributed by atoms with van der Waals surface area (Å²) in [5.74, 6) is 0.762. The Morgan fingerprint density at radius 2 is 2.10 bits per heavy atom. The third-order valence-electron chi connectivity index (χ3n) is 3.44. The number of para-hydroxylation sites is 1. The third kappa shape index (κ3) is 5.99. The van der Waals surface area contributed by atoms with Gasteiger partial charge in [0.1, 0.15) is 10.7 Å². The lowest BCUT2D eigenvalue weighted by atomic mass is 10.2. The van der Waals surface area contributed by atoms with Crippen LogP contribution in [0.4, 0.5) is 0 Å². The normalized spacial score (nSPS) is 12.4. The quantitative estimate of drug-likeness (QED) is 0.531. The van der Waals surface area contributed by atoms with Gasteiger partial charge in [0.15, 0.2) is 0 Å². The van der Waals surface area contributed by atoms with Crippen LogP contribution in [-0.2, 0) is 4.74 Å². The average Bonchev–Trinajstić information content (AvgIpc) is 2.47. The van der Waals surface area contributed by atoms with Gasteiger partial charge in [0.05, 0.1) is 18.8 Å². The van der Waals surface area contributed by atoms with E-state index < -0.39 is 0 Å². The van der Waals surface area contributed by atoms with E-state index in [0.29, 0.717) is 17.6 Å². The number of hydrogen-bond acceptors (Lipinski definition) is 4. The topological polar surface area (TPSA) is 47.7 Å². The van der Waals surface area contributed by atoms with E-state index in [1.54, 1.807) is 7.11 Å². The van der Waals surface area contributed by atoms with E-state index in [-0.39, 0.29) is 0 Å². The van der Waals surface area contributed by atoms with Crippen LogP contribution in [0.15, 0.2) is 24.3 Å². The summed E-state index contributed by atoms with van der Waals surface area (Å²) in [6, 6.07) is 8.04. The standard InChI is InChI=1S/C16H26N2O2S/c1-4-18(13(2)12-19-3)10-7-11-20-15-9-6-5-8-14(15)16(17)21/h5-6,8-9,13H,4,7,10-12H2,1-3H3,(H2,17,21). The lowest BCUT2D eigenvalue weighted by Gasteiger charge is -2.27. The SMILES string of the molecule is CCN(CCCOc1ccccc1C(N)=S)C(C)COC. The molecule has 0 aliphatic heterocycles. The van der Waals surface area contributed by atoms with Crippen LogP contribution in [0.1, 0.15) is 25.8 Å². The number of thiocarbonyl (C=S) groups is 1. The number of nitrogens with zero attached hydrogens (tertiary/aromatic N) is 1. The molecule has 0 saturated carbocycles. The second-order valence-corrected chi connectivity index (χ2v) is 5.44. The van der Waals surface area contributed by atoms with Crippen molar-refractivity contribution in [1.29, 1.82) is 0 Å². The highest BCUT2D eigenvalue weighted by atomic mass is 32.1. The molecule has 0 spiro atoms.